The van der Waals surface area contributed by atoms with Gasteiger partial charge in [-0.25, -0.2) is 4.98 Å². The van der Waals surface area contributed by atoms with E-state index in [1.54, 1.807) is 0 Å². The number of aryl methyl sites for hydroxylation is 3. The molecule has 0 aliphatic heterocycles. The topological polar surface area (TPSA) is 43.3 Å². The molecule has 0 amide bonds. The molecule has 126 valence electrons. The zero-order valence-corrected chi connectivity index (χ0v) is 15.5. The largest absolute Gasteiger partial charge is 0.319 e. The van der Waals surface area contributed by atoms with Gasteiger partial charge in [0.25, 0.3) is 0 Å². The van der Waals surface area contributed by atoms with Gasteiger partial charge in [0.2, 0.25) is 0 Å². The number of hydrogen-bond acceptors (Lipinski definition) is 2. The van der Waals surface area contributed by atoms with Crippen LogP contribution in [-0.4, -0.2) is 9.38 Å². The fourth-order valence-electron chi connectivity index (χ4n) is 3.13. The second-order valence-corrected chi connectivity index (χ2v) is 7.85. The molecule has 2 N–H and O–H groups in total. The van der Waals surface area contributed by atoms with Crippen molar-refractivity contribution in [1.82, 2.24) is 9.38 Å². The van der Waals surface area contributed by atoms with Crippen LogP contribution in [0.2, 0.25) is 0 Å². The number of nitrogens with two attached hydrogens (primary N) is 1. The van der Waals surface area contributed by atoms with E-state index in [1.165, 1.54) is 16.7 Å². The summed E-state index contributed by atoms with van der Waals surface area (Å²) in [7, 11) is 0. The van der Waals surface area contributed by atoms with E-state index in [9.17, 15) is 0 Å². The van der Waals surface area contributed by atoms with Gasteiger partial charge >= 0.3 is 0 Å². The first-order chi connectivity index (χ1) is 11.2. The molecule has 2 aromatic heterocycles. The van der Waals surface area contributed by atoms with Crippen molar-refractivity contribution in [2.24, 2.45) is 5.73 Å². The van der Waals surface area contributed by atoms with Crippen molar-refractivity contribution in [3.63, 3.8) is 0 Å². The Morgan fingerprint density at radius 1 is 1.00 bits per heavy atom. The van der Waals surface area contributed by atoms with Crippen LogP contribution in [0.5, 0.6) is 0 Å². The van der Waals surface area contributed by atoms with E-state index in [0.717, 1.165) is 22.6 Å². The molecule has 0 spiro atoms. The molecule has 24 heavy (non-hydrogen) atoms. The highest BCUT2D eigenvalue weighted by Crippen LogP contribution is 2.32. The fourth-order valence-corrected chi connectivity index (χ4v) is 3.13. The second-order valence-electron chi connectivity index (χ2n) is 7.85. The number of pyridine rings is 1. The maximum absolute atomic E-state index is 6.72. The lowest BCUT2D eigenvalue weighted by Crippen LogP contribution is -2.22. The molecule has 0 fully saturated rings. The SMILES string of the molecule is Cc1ccn2c(C(N)c3ccc(C)c(C)c3)c(C(C)(C)C)nc2c1. The lowest BCUT2D eigenvalue weighted by molar-refractivity contribution is 0.558. The molecule has 2 heterocycles. The number of benzene rings is 1. The normalized spacial score (nSPS) is 13.5. The quantitative estimate of drug-likeness (QED) is 0.749. The molecule has 0 aliphatic rings. The van der Waals surface area contributed by atoms with Crippen LogP contribution in [-0.2, 0) is 5.41 Å². The summed E-state index contributed by atoms with van der Waals surface area (Å²) < 4.78 is 2.15. The first-order valence-corrected chi connectivity index (χ1v) is 8.50. The zero-order valence-electron chi connectivity index (χ0n) is 15.5. The van der Waals surface area contributed by atoms with E-state index >= 15 is 0 Å². The summed E-state index contributed by atoms with van der Waals surface area (Å²) in [6.45, 7) is 12.9. The number of rotatable bonds is 2. The molecular weight excluding hydrogens is 294 g/mol. The highest BCUT2D eigenvalue weighted by molar-refractivity contribution is 5.50. The fraction of sp³-hybridized carbons (Fsp3) is 0.381. The summed E-state index contributed by atoms with van der Waals surface area (Å²) in [6, 6.07) is 10.5. The molecule has 1 atom stereocenters. The van der Waals surface area contributed by atoms with Gasteiger partial charge in [-0.15, -0.1) is 0 Å². The van der Waals surface area contributed by atoms with Gasteiger partial charge < -0.3 is 10.1 Å². The summed E-state index contributed by atoms with van der Waals surface area (Å²) >= 11 is 0. The van der Waals surface area contributed by atoms with Gasteiger partial charge in [0.05, 0.1) is 17.4 Å². The summed E-state index contributed by atoms with van der Waals surface area (Å²) in [6.07, 6.45) is 2.09. The molecule has 3 rings (SSSR count). The average Bonchev–Trinajstić information content (AvgIpc) is 2.88. The molecule has 0 radical (unpaired) electrons. The smallest absolute Gasteiger partial charge is 0.137 e. The summed E-state index contributed by atoms with van der Waals surface area (Å²) in [5.74, 6) is 0. The Morgan fingerprint density at radius 3 is 2.33 bits per heavy atom. The van der Waals surface area contributed by atoms with Crippen LogP contribution in [0, 0.1) is 20.8 Å². The van der Waals surface area contributed by atoms with E-state index in [-0.39, 0.29) is 11.5 Å². The van der Waals surface area contributed by atoms with E-state index in [1.807, 2.05) is 0 Å². The second kappa shape index (κ2) is 5.75. The van der Waals surface area contributed by atoms with Gasteiger partial charge in [-0.05, 0) is 55.2 Å². The molecule has 0 saturated carbocycles. The predicted octanol–water partition coefficient (Wildman–Crippen LogP) is 4.61. The summed E-state index contributed by atoms with van der Waals surface area (Å²) in [4.78, 5) is 4.91. The van der Waals surface area contributed by atoms with Gasteiger partial charge in [-0.1, -0.05) is 39.0 Å². The van der Waals surface area contributed by atoms with E-state index in [4.69, 9.17) is 10.7 Å². The Hall–Kier alpha value is -2.13. The molecule has 1 aromatic carbocycles. The Bertz CT molecular complexity index is 897. The summed E-state index contributed by atoms with van der Waals surface area (Å²) in [5, 5.41) is 0. The molecule has 3 heteroatoms. The maximum atomic E-state index is 6.72. The van der Waals surface area contributed by atoms with Crippen molar-refractivity contribution in [2.45, 2.75) is 53.0 Å². The van der Waals surface area contributed by atoms with E-state index in [2.05, 4.69) is 82.5 Å². The highest BCUT2D eigenvalue weighted by Gasteiger charge is 2.28. The van der Waals surface area contributed by atoms with Gasteiger partial charge in [-0.2, -0.15) is 0 Å². The molecule has 0 aliphatic carbocycles. The first-order valence-electron chi connectivity index (χ1n) is 8.50. The van der Waals surface area contributed by atoms with Crippen LogP contribution in [0.3, 0.4) is 0 Å². The Kier molecular flexibility index (Phi) is 4.00. The number of imidazole rings is 1. The highest BCUT2D eigenvalue weighted by atomic mass is 15.0. The third-order valence-corrected chi connectivity index (χ3v) is 4.71. The van der Waals surface area contributed by atoms with E-state index < -0.39 is 0 Å². The van der Waals surface area contributed by atoms with Crippen molar-refractivity contribution < 1.29 is 0 Å². The molecule has 0 saturated heterocycles. The Labute approximate surface area is 144 Å². The predicted molar refractivity (Wildman–Crippen MR) is 101 cm³/mol. The molecule has 1 unspecified atom stereocenters. The molecule has 3 nitrogen and oxygen atoms in total. The number of aromatic nitrogens is 2. The van der Waals surface area contributed by atoms with Crippen LogP contribution < -0.4 is 5.73 Å². The van der Waals surface area contributed by atoms with Crippen LogP contribution in [0.15, 0.2) is 36.5 Å². The van der Waals surface area contributed by atoms with Crippen molar-refractivity contribution >= 4 is 5.65 Å². The van der Waals surface area contributed by atoms with Crippen LogP contribution >= 0.6 is 0 Å². The molecular formula is C21H27N3. The van der Waals surface area contributed by atoms with Gasteiger partial charge in [-0.3, -0.25) is 0 Å². The van der Waals surface area contributed by atoms with Crippen LogP contribution in [0.1, 0.15) is 60.5 Å². The van der Waals surface area contributed by atoms with Gasteiger partial charge in [0.15, 0.2) is 0 Å². The maximum Gasteiger partial charge on any atom is 0.137 e. The Morgan fingerprint density at radius 2 is 1.71 bits per heavy atom. The standard InChI is InChI=1S/C21H27N3/c1-13-9-10-24-17(11-13)23-20(21(4,5)6)19(24)18(22)16-8-7-14(2)15(3)12-16/h7-12,18H,22H2,1-6H3. The van der Waals surface area contributed by atoms with Gasteiger partial charge in [0.1, 0.15) is 5.65 Å². The van der Waals surface area contributed by atoms with Crippen LogP contribution in [0.25, 0.3) is 5.65 Å². The number of nitrogens with zero attached hydrogens (tertiary/aromatic N) is 2. The molecule has 0 bridgehead atoms. The van der Waals surface area contributed by atoms with Crippen LogP contribution in [0.4, 0.5) is 0 Å². The zero-order chi connectivity index (χ0) is 17.6. The lowest BCUT2D eigenvalue weighted by Gasteiger charge is -2.22. The van der Waals surface area contributed by atoms with Crippen molar-refractivity contribution in [3.05, 3.63) is 70.2 Å². The summed E-state index contributed by atoms with van der Waals surface area (Å²) in [5.41, 5.74) is 14.7. The number of hydrogen-bond donors (Lipinski definition) is 1. The first kappa shape index (κ1) is 16.7. The minimum atomic E-state index is -0.198. The van der Waals surface area contributed by atoms with Crippen molar-refractivity contribution in [3.8, 4) is 0 Å². The third-order valence-electron chi connectivity index (χ3n) is 4.71. The average molecular weight is 321 g/mol. The van der Waals surface area contributed by atoms with Gasteiger partial charge in [0, 0.05) is 11.6 Å². The van der Waals surface area contributed by atoms with E-state index in [0.29, 0.717) is 0 Å². The monoisotopic (exact) mass is 321 g/mol. The minimum Gasteiger partial charge on any atom is -0.319 e. The number of fused-ring (bicyclic) bond motifs is 1. The minimum absolute atomic E-state index is 0.0629. The molecule has 3 aromatic rings. The lowest BCUT2D eigenvalue weighted by atomic mass is 9.87. The Balaban J connectivity index is 2.24. The van der Waals surface area contributed by atoms with Crippen molar-refractivity contribution in [1.29, 1.82) is 0 Å². The third kappa shape index (κ3) is 2.84. The van der Waals surface area contributed by atoms with Crippen molar-refractivity contribution in [2.75, 3.05) is 0 Å².